The van der Waals surface area contributed by atoms with Crippen LogP contribution in [0.25, 0.3) is 0 Å². The molecule has 14 heavy (non-hydrogen) atoms. The van der Waals surface area contributed by atoms with Crippen LogP contribution < -0.4 is 10.8 Å². The largest absolute Gasteiger partial charge is 0.382 e. The molecule has 0 aromatic heterocycles. The fourth-order valence-electron chi connectivity index (χ4n) is 1.48. The van der Waals surface area contributed by atoms with Crippen molar-refractivity contribution in [1.29, 1.82) is 0 Å². The van der Waals surface area contributed by atoms with E-state index in [1.54, 1.807) is 7.11 Å². The number of rotatable bonds is 5. The average Bonchev–Trinajstić information content (AvgIpc) is 2.59. The molecule has 1 heterocycles. The second-order valence-corrected chi connectivity index (χ2v) is 3.55. The predicted molar refractivity (Wildman–Crippen MR) is 51.5 cm³/mol. The van der Waals surface area contributed by atoms with E-state index in [2.05, 4.69) is 17.7 Å². The molecule has 1 saturated heterocycles. The van der Waals surface area contributed by atoms with Gasteiger partial charge in [0.1, 0.15) is 0 Å². The summed E-state index contributed by atoms with van der Waals surface area (Å²) in [7, 11) is 1.59. The second-order valence-electron chi connectivity index (χ2n) is 3.55. The summed E-state index contributed by atoms with van der Waals surface area (Å²) < 4.78 is 4.78. The number of nitrogens with one attached hydrogen (secondary N) is 2. The minimum Gasteiger partial charge on any atom is -0.382 e. The van der Waals surface area contributed by atoms with Crippen molar-refractivity contribution in [1.82, 2.24) is 10.8 Å². The topological polar surface area (TPSA) is 59.6 Å². The molecule has 0 aromatic carbocycles. The van der Waals surface area contributed by atoms with E-state index in [1.165, 1.54) is 0 Å². The van der Waals surface area contributed by atoms with Crippen LogP contribution in [0.1, 0.15) is 6.92 Å². The smallest absolute Gasteiger partial charge is 0.248 e. The molecule has 0 radical (unpaired) electrons. The van der Waals surface area contributed by atoms with Crippen molar-refractivity contribution in [3.8, 4) is 0 Å². The van der Waals surface area contributed by atoms with E-state index < -0.39 is 0 Å². The molecule has 0 unspecified atom stereocenters. The Kier molecular flexibility index (Phi) is 4.86. The van der Waals surface area contributed by atoms with Gasteiger partial charge in [-0.1, -0.05) is 6.92 Å². The number of amides is 1. The molecule has 1 fully saturated rings. The van der Waals surface area contributed by atoms with Crippen LogP contribution in [0.15, 0.2) is 0 Å². The van der Waals surface area contributed by atoms with Crippen LogP contribution in [0.3, 0.4) is 0 Å². The van der Waals surface area contributed by atoms with Gasteiger partial charge in [0.15, 0.2) is 0 Å². The number of carbonyl (C=O) groups is 1. The number of hydrogen-bond acceptors (Lipinski definition) is 4. The van der Waals surface area contributed by atoms with Crippen LogP contribution in [-0.4, -0.2) is 39.3 Å². The fourth-order valence-corrected chi connectivity index (χ4v) is 1.48. The second kappa shape index (κ2) is 5.95. The number of carbonyl (C=O) groups excluding carboxylic acids is 1. The maximum atomic E-state index is 11.5. The maximum absolute atomic E-state index is 11.5. The normalized spacial score (nSPS) is 26.4. The van der Waals surface area contributed by atoms with Gasteiger partial charge in [0, 0.05) is 13.7 Å². The molecule has 0 aromatic rings. The zero-order chi connectivity index (χ0) is 10.4. The number of hydroxylamine groups is 1. The molecule has 1 aliphatic rings. The van der Waals surface area contributed by atoms with Gasteiger partial charge in [0.25, 0.3) is 0 Å². The molecular weight excluding hydrogens is 184 g/mol. The van der Waals surface area contributed by atoms with Crippen molar-refractivity contribution >= 4 is 5.91 Å². The van der Waals surface area contributed by atoms with Crippen molar-refractivity contribution in [2.45, 2.75) is 6.92 Å². The Balaban J connectivity index is 2.14. The molecule has 1 amide bonds. The summed E-state index contributed by atoms with van der Waals surface area (Å²) in [5, 5.41) is 3.16. The van der Waals surface area contributed by atoms with Crippen molar-refractivity contribution in [3.05, 3.63) is 0 Å². The Hall–Kier alpha value is -0.650. The quantitative estimate of drug-likeness (QED) is 0.467. The zero-order valence-corrected chi connectivity index (χ0v) is 8.71. The van der Waals surface area contributed by atoms with Gasteiger partial charge in [-0.05, 0) is 12.5 Å². The highest BCUT2D eigenvalue weighted by Gasteiger charge is 2.29. The summed E-state index contributed by atoms with van der Waals surface area (Å²) in [5.41, 5.74) is 2.43. The highest BCUT2D eigenvalue weighted by atomic mass is 16.7. The third-order valence-electron chi connectivity index (χ3n) is 2.42. The fraction of sp³-hybridized carbons (Fsp3) is 0.889. The number of ether oxygens (including phenoxy) is 1. The molecule has 1 aliphatic heterocycles. The van der Waals surface area contributed by atoms with E-state index in [0.29, 0.717) is 19.1 Å². The summed E-state index contributed by atoms with van der Waals surface area (Å²) in [4.78, 5) is 16.4. The summed E-state index contributed by atoms with van der Waals surface area (Å²) in [6.45, 7) is 4.56. The van der Waals surface area contributed by atoms with Crippen LogP contribution in [0.5, 0.6) is 0 Å². The van der Waals surface area contributed by atoms with Gasteiger partial charge in [-0.15, -0.1) is 0 Å². The molecule has 1 rings (SSSR count). The lowest BCUT2D eigenvalue weighted by molar-refractivity contribution is -0.139. The van der Waals surface area contributed by atoms with E-state index in [-0.39, 0.29) is 11.8 Å². The van der Waals surface area contributed by atoms with E-state index in [9.17, 15) is 4.79 Å². The lowest BCUT2D eigenvalue weighted by Crippen LogP contribution is -2.35. The molecule has 5 heteroatoms. The summed E-state index contributed by atoms with van der Waals surface area (Å²) >= 11 is 0. The minimum atomic E-state index is -0.0430. The van der Waals surface area contributed by atoms with Crippen molar-refractivity contribution in [2.75, 3.05) is 33.4 Å². The van der Waals surface area contributed by atoms with E-state index in [0.717, 1.165) is 13.1 Å². The van der Waals surface area contributed by atoms with Crippen molar-refractivity contribution in [2.24, 2.45) is 11.8 Å². The molecule has 0 bridgehead atoms. The first-order valence-electron chi connectivity index (χ1n) is 4.87. The van der Waals surface area contributed by atoms with Gasteiger partial charge in [0.2, 0.25) is 5.91 Å². The first-order chi connectivity index (χ1) is 6.75. The van der Waals surface area contributed by atoms with Crippen LogP contribution in [0, 0.1) is 11.8 Å². The third-order valence-corrected chi connectivity index (χ3v) is 2.42. The average molecular weight is 202 g/mol. The van der Waals surface area contributed by atoms with Crippen LogP contribution in [-0.2, 0) is 14.4 Å². The van der Waals surface area contributed by atoms with E-state index >= 15 is 0 Å². The Bertz CT molecular complexity index is 187. The molecule has 2 N–H and O–H groups in total. The summed E-state index contributed by atoms with van der Waals surface area (Å²) in [6.07, 6.45) is 0. The first-order valence-corrected chi connectivity index (χ1v) is 4.87. The molecule has 5 nitrogen and oxygen atoms in total. The van der Waals surface area contributed by atoms with Crippen LogP contribution in [0.2, 0.25) is 0 Å². The molecule has 0 spiro atoms. The molecule has 0 aliphatic carbocycles. The van der Waals surface area contributed by atoms with Gasteiger partial charge in [-0.25, -0.2) is 5.48 Å². The number of hydrogen-bond donors (Lipinski definition) is 2. The van der Waals surface area contributed by atoms with Crippen LogP contribution in [0.4, 0.5) is 0 Å². The third kappa shape index (κ3) is 3.25. The summed E-state index contributed by atoms with van der Waals surface area (Å²) in [6, 6.07) is 0. The van der Waals surface area contributed by atoms with E-state index in [1.807, 2.05) is 0 Å². The van der Waals surface area contributed by atoms with Crippen molar-refractivity contribution < 1.29 is 14.4 Å². The Labute approximate surface area is 84.1 Å². The molecule has 0 saturated carbocycles. The van der Waals surface area contributed by atoms with Gasteiger partial charge in [-0.2, -0.15) is 0 Å². The van der Waals surface area contributed by atoms with Crippen molar-refractivity contribution in [3.63, 3.8) is 0 Å². The molecule has 2 atom stereocenters. The first kappa shape index (κ1) is 11.4. The van der Waals surface area contributed by atoms with Gasteiger partial charge in [0.05, 0.1) is 19.1 Å². The maximum Gasteiger partial charge on any atom is 0.248 e. The SMILES string of the molecule is COCCONC(=O)[C@@H]1CNC[C@H]1C. The molecular formula is C9H18N2O3. The monoisotopic (exact) mass is 202 g/mol. The lowest BCUT2D eigenvalue weighted by atomic mass is 9.98. The van der Waals surface area contributed by atoms with E-state index in [4.69, 9.17) is 9.57 Å². The van der Waals surface area contributed by atoms with Gasteiger partial charge < -0.3 is 10.1 Å². The standard InChI is InChI=1S/C9H18N2O3/c1-7-5-10-6-8(7)9(12)11-14-4-3-13-2/h7-8,10H,3-6H2,1-2H3,(H,11,12)/t7-,8-/m1/s1. The van der Waals surface area contributed by atoms with Crippen LogP contribution >= 0.6 is 0 Å². The number of methoxy groups -OCH3 is 1. The Morgan fingerprint density at radius 3 is 2.86 bits per heavy atom. The highest BCUT2D eigenvalue weighted by Crippen LogP contribution is 2.15. The van der Waals surface area contributed by atoms with Gasteiger partial charge in [-0.3, -0.25) is 9.63 Å². The Morgan fingerprint density at radius 1 is 1.50 bits per heavy atom. The van der Waals surface area contributed by atoms with Gasteiger partial charge >= 0.3 is 0 Å². The Morgan fingerprint density at radius 2 is 2.29 bits per heavy atom. The highest BCUT2D eigenvalue weighted by molar-refractivity contribution is 5.78. The summed E-state index contributed by atoms with van der Waals surface area (Å²) in [5.74, 6) is 0.358. The zero-order valence-electron chi connectivity index (χ0n) is 8.71. The lowest BCUT2D eigenvalue weighted by Gasteiger charge is -2.13. The predicted octanol–water partition coefficient (Wildman–Crippen LogP) is -0.464. The minimum absolute atomic E-state index is 0.0255. The molecule has 82 valence electrons.